The second-order valence-corrected chi connectivity index (χ2v) is 8.54. The van der Waals surface area contributed by atoms with Crippen molar-refractivity contribution < 1.29 is 4.79 Å². The van der Waals surface area contributed by atoms with E-state index in [9.17, 15) is 4.79 Å². The molecular formula is C22H26N2OS. The molecular weight excluding hydrogens is 340 g/mol. The van der Waals surface area contributed by atoms with Gasteiger partial charge in [0.25, 0.3) is 0 Å². The normalized spacial score (nSPS) is 23.2. The van der Waals surface area contributed by atoms with Gasteiger partial charge in [-0.25, -0.2) is 0 Å². The quantitative estimate of drug-likeness (QED) is 0.667. The average Bonchev–Trinajstić information content (AvgIpc) is 3.27. The van der Waals surface area contributed by atoms with E-state index in [1.54, 1.807) is 11.3 Å². The SMILES string of the molecule is C[C@@H]1[C@H](C)CCC[C@@H]1NC(=O)Cn1c(-c2cccs2)cc2ccccc21. The van der Waals surface area contributed by atoms with Gasteiger partial charge >= 0.3 is 0 Å². The van der Waals surface area contributed by atoms with E-state index in [1.165, 1.54) is 23.1 Å². The number of rotatable bonds is 4. The number of hydrogen-bond donors (Lipinski definition) is 1. The van der Waals surface area contributed by atoms with Gasteiger partial charge in [-0.1, -0.05) is 51.0 Å². The van der Waals surface area contributed by atoms with E-state index in [2.05, 4.69) is 65.5 Å². The summed E-state index contributed by atoms with van der Waals surface area (Å²) in [7, 11) is 0. The molecule has 0 radical (unpaired) electrons. The van der Waals surface area contributed by atoms with Crippen molar-refractivity contribution in [3.63, 3.8) is 0 Å². The van der Waals surface area contributed by atoms with Crippen molar-refractivity contribution in [3.8, 4) is 10.6 Å². The molecule has 1 amide bonds. The van der Waals surface area contributed by atoms with Gasteiger partial charge in [0.15, 0.2) is 0 Å². The smallest absolute Gasteiger partial charge is 0.240 e. The number of fused-ring (bicyclic) bond motifs is 1. The van der Waals surface area contributed by atoms with Crippen LogP contribution in [0, 0.1) is 11.8 Å². The molecule has 1 N–H and O–H groups in total. The minimum atomic E-state index is 0.120. The van der Waals surface area contributed by atoms with Crippen LogP contribution in [-0.2, 0) is 11.3 Å². The van der Waals surface area contributed by atoms with Gasteiger partial charge in [0, 0.05) is 16.9 Å². The van der Waals surface area contributed by atoms with Crippen LogP contribution in [0.5, 0.6) is 0 Å². The van der Waals surface area contributed by atoms with Crippen LogP contribution in [0.4, 0.5) is 0 Å². The van der Waals surface area contributed by atoms with E-state index in [0.29, 0.717) is 24.4 Å². The number of thiophene rings is 1. The lowest BCUT2D eigenvalue weighted by Crippen LogP contribution is -2.44. The van der Waals surface area contributed by atoms with E-state index in [4.69, 9.17) is 0 Å². The van der Waals surface area contributed by atoms with E-state index >= 15 is 0 Å². The van der Waals surface area contributed by atoms with Crippen LogP contribution in [0.15, 0.2) is 47.8 Å². The molecule has 0 spiro atoms. The van der Waals surface area contributed by atoms with Gasteiger partial charge in [-0.2, -0.15) is 0 Å². The number of carbonyl (C=O) groups is 1. The summed E-state index contributed by atoms with van der Waals surface area (Å²) in [5, 5.41) is 6.59. The number of carbonyl (C=O) groups excluding carboxylic acids is 1. The van der Waals surface area contributed by atoms with E-state index < -0.39 is 0 Å². The van der Waals surface area contributed by atoms with Gasteiger partial charge in [-0.15, -0.1) is 11.3 Å². The fourth-order valence-corrected chi connectivity index (χ4v) is 4.94. The third-order valence-corrected chi connectivity index (χ3v) is 6.83. The molecule has 2 aromatic heterocycles. The maximum atomic E-state index is 12.9. The lowest BCUT2D eigenvalue weighted by molar-refractivity contribution is -0.123. The van der Waals surface area contributed by atoms with Gasteiger partial charge < -0.3 is 9.88 Å². The maximum absolute atomic E-state index is 12.9. The Labute approximate surface area is 159 Å². The highest BCUT2D eigenvalue weighted by atomic mass is 32.1. The molecule has 0 unspecified atom stereocenters. The maximum Gasteiger partial charge on any atom is 0.240 e. The zero-order chi connectivity index (χ0) is 18.1. The zero-order valence-electron chi connectivity index (χ0n) is 15.4. The highest BCUT2D eigenvalue weighted by molar-refractivity contribution is 7.13. The Morgan fingerprint density at radius 2 is 2.04 bits per heavy atom. The molecule has 1 saturated carbocycles. The molecule has 0 aliphatic heterocycles. The van der Waals surface area contributed by atoms with Crippen molar-refractivity contribution in [2.45, 2.75) is 45.7 Å². The third-order valence-electron chi connectivity index (χ3n) is 5.94. The molecule has 1 aromatic carbocycles. The van der Waals surface area contributed by atoms with Gasteiger partial charge in [0.2, 0.25) is 5.91 Å². The van der Waals surface area contributed by atoms with Crippen molar-refractivity contribution in [3.05, 3.63) is 47.8 Å². The Balaban J connectivity index is 1.60. The average molecular weight is 367 g/mol. The highest BCUT2D eigenvalue weighted by Gasteiger charge is 2.28. The van der Waals surface area contributed by atoms with Crippen molar-refractivity contribution in [1.29, 1.82) is 0 Å². The molecule has 4 rings (SSSR count). The molecule has 3 aromatic rings. The van der Waals surface area contributed by atoms with Gasteiger partial charge in [0.1, 0.15) is 6.54 Å². The summed E-state index contributed by atoms with van der Waals surface area (Å²) in [5.41, 5.74) is 2.25. The van der Waals surface area contributed by atoms with E-state index in [-0.39, 0.29) is 5.91 Å². The van der Waals surface area contributed by atoms with Crippen molar-refractivity contribution in [2.24, 2.45) is 11.8 Å². The largest absolute Gasteiger partial charge is 0.352 e. The van der Waals surface area contributed by atoms with Gasteiger partial charge in [0.05, 0.1) is 10.6 Å². The lowest BCUT2D eigenvalue weighted by atomic mass is 9.78. The van der Waals surface area contributed by atoms with Crippen LogP contribution in [0.25, 0.3) is 21.5 Å². The van der Waals surface area contributed by atoms with Crippen LogP contribution in [0.2, 0.25) is 0 Å². The monoisotopic (exact) mass is 366 g/mol. The molecule has 1 aliphatic carbocycles. The Morgan fingerprint density at radius 1 is 1.19 bits per heavy atom. The molecule has 4 heteroatoms. The Hall–Kier alpha value is -2.07. The van der Waals surface area contributed by atoms with E-state index in [1.807, 2.05) is 6.07 Å². The summed E-state index contributed by atoms with van der Waals surface area (Å²) in [5.74, 6) is 1.35. The van der Waals surface area contributed by atoms with Gasteiger partial charge in [-0.3, -0.25) is 4.79 Å². The first-order valence-corrected chi connectivity index (χ1v) is 10.4. The predicted octanol–water partition coefficient (Wildman–Crippen LogP) is 5.31. The van der Waals surface area contributed by atoms with Crippen LogP contribution >= 0.6 is 11.3 Å². The molecule has 0 bridgehead atoms. The Kier molecular flexibility index (Phi) is 4.86. The van der Waals surface area contributed by atoms with Crippen LogP contribution in [0.3, 0.4) is 0 Å². The Bertz CT molecular complexity index is 896. The number of nitrogens with zero attached hydrogens (tertiary/aromatic N) is 1. The number of aromatic nitrogens is 1. The first-order valence-electron chi connectivity index (χ1n) is 9.55. The van der Waals surface area contributed by atoms with Gasteiger partial charge in [-0.05, 0) is 41.8 Å². The summed E-state index contributed by atoms with van der Waals surface area (Å²) in [6.07, 6.45) is 3.59. The van der Waals surface area contributed by atoms with Crippen molar-refractivity contribution in [1.82, 2.24) is 9.88 Å². The fourth-order valence-electron chi connectivity index (χ4n) is 4.19. The minimum Gasteiger partial charge on any atom is -0.352 e. The number of para-hydroxylation sites is 1. The first kappa shape index (κ1) is 17.3. The zero-order valence-corrected chi connectivity index (χ0v) is 16.3. The predicted molar refractivity (Wildman–Crippen MR) is 109 cm³/mol. The fraction of sp³-hybridized carbons (Fsp3) is 0.409. The molecule has 3 atom stereocenters. The van der Waals surface area contributed by atoms with Crippen molar-refractivity contribution >= 4 is 28.1 Å². The van der Waals surface area contributed by atoms with Crippen LogP contribution in [0.1, 0.15) is 33.1 Å². The van der Waals surface area contributed by atoms with Crippen LogP contribution < -0.4 is 5.32 Å². The molecule has 1 fully saturated rings. The highest BCUT2D eigenvalue weighted by Crippen LogP contribution is 2.32. The van der Waals surface area contributed by atoms with Crippen molar-refractivity contribution in [2.75, 3.05) is 0 Å². The molecule has 1 aliphatic rings. The number of nitrogens with one attached hydrogen (secondary N) is 1. The summed E-state index contributed by atoms with van der Waals surface area (Å²) in [6.45, 7) is 4.95. The summed E-state index contributed by atoms with van der Waals surface area (Å²) < 4.78 is 2.16. The molecule has 26 heavy (non-hydrogen) atoms. The molecule has 3 nitrogen and oxygen atoms in total. The topological polar surface area (TPSA) is 34.0 Å². The summed E-state index contributed by atoms with van der Waals surface area (Å²) in [6, 6.07) is 15.0. The lowest BCUT2D eigenvalue weighted by Gasteiger charge is -2.34. The first-order chi connectivity index (χ1) is 12.6. The number of benzene rings is 1. The van der Waals surface area contributed by atoms with Crippen LogP contribution in [-0.4, -0.2) is 16.5 Å². The molecule has 0 saturated heterocycles. The number of hydrogen-bond acceptors (Lipinski definition) is 2. The minimum absolute atomic E-state index is 0.120. The molecule has 136 valence electrons. The second kappa shape index (κ2) is 7.28. The third kappa shape index (κ3) is 3.30. The second-order valence-electron chi connectivity index (χ2n) is 7.59. The summed E-state index contributed by atoms with van der Waals surface area (Å²) >= 11 is 1.72. The van der Waals surface area contributed by atoms with E-state index in [0.717, 1.165) is 17.6 Å². The standard InChI is InChI=1S/C22H26N2OS/c1-15-7-5-9-18(16(15)2)23-22(25)14-24-19-10-4-3-8-17(19)13-20(24)21-11-6-12-26-21/h3-4,6,8,10-13,15-16,18H,5,7,9,14H2,1-2H3,(H,23,25)/t15-,16-,18+/m1/s1. The summed E-state index contributed by atoms with van der Waals surface area (Å²) in [4.78, 5) is 14.1. The number of amides is 1. The Morgan fingerprint density at radius 3 is 2.85 bits per heavy atom. The molecule has 2 heterocycles.